The molecule has 3 heteroatoms. The topological polar surface area (TPSA) is 12.0 Å². The van der Waals surface area contributed by atoms with Crippen LogP contribution in [-0.4, -0.2) is 12.6 Å². The highest BCUT2D eigenvalue weighted by Gasteiger charge is 1.99. The quantitative estimate of drug-likeness (QED) is 0.863. The Balaban J connectivity index is 2.74. The van der Waals surface area contributed by atoms with E-state index in [1.165, 1.54) is 5.57 Å². The Morgan fingerprint density at radius 1 is 1.50 bits per heavy atom. The van der Waals surface area contributed by atoms with Crippen LogP contribution in [0.4, 0.5) is 0 Å². The van der Waals surface area contributed by atoms with E-state index in [0.717, 1.165) is 21.6 Å². The molecule has 1 N–H and O–H groups in total. The van der Waals surface area contributed by atoms with Gasteiger partial charge in [-0.1, -0.05) is 59.1 Å². The fourth-order valence-corrected chi connectivity index (χ4v) is 2.03. The van der Waals surface area contributed by atoms with E-state index in [2.05, 4.69) is 48.1 Å². The van der Waals surface area contributed by atoms with Crippen molar-refractivity contribution in [3.8, 4) is 0 Å². The van der Waals surface area contributed by atoms with E-state index in [1.54, 1.807) is 0 Å². The summed E-state index contributed by atoms with van der Waals surface area (Å²) >= 11 is 9.54. The number of hydrogen-bond donors (Lipinski definition) is 1. The van der Waals surface area contributed by atoms with Crippen molar-refractivity contribution in [3.05, 3.63) is 38.8 Å². The summed E-state index contributed by atoms with van der Waals surface area (Å²) in [5, 5.41) is 4.15. The van der Waals surface area contributed by atoms with Crippen molar-refractivity contribution in [2.75, 3.05) is 6.54 Å². The predicted molar refractivity (Wildman–Crippen MR) is 75.9 cm³/mol. The zero-order valence-electron chi connectivity index (χ0n) is 9.85. The number of hydrogen-bond acceptors (Lipinski definition) is 1. The van der Waals surface area contributed by atoms with Gasteiger partial charge in [0.25, 0.3) is 0 Å². The molecule has 1 rings (SSSR count). The van der Waals surface area contributed by atoms with Crippen LogP contribution < -0.4 is 5.32 Å². The standard InChI is InChI=1S/C13H17BrClN/c1-9(2)16-8-10(3)6-11-4-5-12(14)7-13(11)15/h4-7,9,16H,8H2,1-3H3/b10-6+. The summed E-state index contributed by atoms with van der Waals surface area (Å²) < 4.78 is 1.01. The van der Waals surface area contributed by atoms with Crippen molar-refractivity contribution in [2.45, 2.75) is 26.8 Å². The van der Waals surface area contributed by atoms with Gasteiger partial charge in [0.15, 0.2) is 0 Å². The van der Waals surface area contributed by atoms with Gasteiger partial charge in [0.2, 0.25) is 0 Å². The molecule has 0 aliphatic heterocycles. The lowest BCUT2D eigenvalue weighted by Gasteiger charge is -2.08. The average Bonchev–Trinajstić information content (AvgIpc) is 2.19. The highest BCUT2D eigenvalue weighted by Crippen LogP contribution is 2.23. The molecule has 0 unspecified atom stereocenters. The van der Waals surface area contributed by atoms with Crippen LogP contribution in [0.2, 0.25) is 5.02 Å². The third-order valence-electron chi connectivity index (χ3n) is 2.15. The van der Waals surface area contributed by atoms with Crippen LogP contribution in [0.1, 0.15) is 26.3 Å². The molecule has 88 valence electrons. The first-order valence-corrected chi connectivity index (χ1v) is 6.51. The lowest BCUT2D eigenvalue weighted by Crippen LogP contribution is -2.24. The fraction of sp³-hybridized carbons (Fsp3) is 0.385. The van der Waals surface area contributed by atoms with Gasteiger partial charge < -0.3 is 5.32 Å². The molecule has 1 aromatic carbocycles. The van der Waals surface area contributed by atoms with E-state index in [1.807, 2.05) is 18.2 Å². The number of nitrogens with one attached hydrogen (secondary N) is 1. The van der Waals surface area contributed by atoms with Gasteiger partial charge in [-0.05, 0) is 24.6 Å². The van der Waals surface area contributed by atoms with Gasteiger partial charge in [-0.15, -0.1) is 0 Å². The zero-order chi connectivity index (χ0) is 12.1. The molecular weight excluding hydrogens is 286 g/mol. The van der Waals surface area contributed by atoms with Crippen LogP contribution in [-0.2, 0) is 0 Å². The molecule has 0 bridgehead atoms. The third kappa shape index (κ3) is 4.69. The molecule has 1 nitrogen and oxygen atoms in total. The first-order valence-electron chi connectivity index (χ1n) is 5.34. The molecule has 0 amide bonds. The van der Waals surface area contributed by atoms with Gasteiger partial charge >= 0.3 is 0 Å². The smallest absolute Gasteiger partial charge is 0.0489 e. The van der Waals surface area contributed by atoms with Gasteiger partial charge in [0, 0.05) is 22.1 Å². The molecule has 0 saturated carbocycles. The molecule has 0 saturated heterocycles. The molecular formula is C13H17BrClN. The Bertz CT molecular complexity index is 386. The average molecular weight is 303 g/mol. The number of rotatable bonds is 4. The summed E-state index contributed by atoms with van der Waals surface area (Å²) in [6.07, 6.45) is 2.12. The Morgan fingerprint density at radius 2 is 2.19 bits per heavy atom. The maximum absolute atomic E-state index is 6.14. The van der Waals surface area contributed by atoms with Crippen molar-refractivity contribution < 1.29 is 0 Å². The minimum Gasteiger partial charge on any atom is -0.311 e. The van der Waals surface area contributed by atoms with Gasteiger partial charge in [0.05, 0.1) is 0 Å². The largest absolute Gasteiger partial charge is 0.311 e. The Hall–Kier alpha value is -0.310. The van der Waals surface area contributed by atoms with Gasteiger partial charge in [-0.25, -0.2) is 0 Å². The molecule has 0 aliphatic carbocycles. The summed E-state index contributed by atoms with van der Waals surface area (Å²) in [6.45, 7) is 7.28. The van der Waals surface area contributed by atoms with Crippen LogP contribution in [0.15, 0.2) is 28.2 Å². The van der Waals surface area contributed by atoms with Crippen LogP contribution in [0.25, 0.3) is 6.08 Å². The normalized spacial score (nSPS) is 12.2. The number of benzene rings is 1. The molecule has 16 heavy (non-hydrogen) atoms. The molecule has 0 spiro atoms. The van der Waals surface area contributed by atoms with E-state index in [-0.39, 0.29) is 0 Å². The molecule has 1 aromatic rings. The van der Waals surface area contributed by atoms with E-state index in [9.17, 15) is 0 Å². The lowest BCUT2D eigenvalue weighted by atomic mass is 10.1. The Morgan fingerprint density at radius 3 is 2.75 bits per heavy atom. The van der Waals surface area contributed by atoms with E-state index >= 15 is 0 Å². The Kier molecular flexibility index (Phi) is 5.53. The minimum atomic E-state index is 0.503. The maximum atomic E-state index is 6.14. The predicted octanol–water partition coefficient (Wildman–Crippen LogP) is 4.50. The van der Waals surface area contributed by atoms with Crippen LogP contribution in [0, 0.1) is 0 Å². The lowest BCUT2D eigenvalue weighted by molar-refractivity contribution is 0.623. The first kappa shape index (κ1) is 13.8. The summed E-state index contributed by atoms with van der Waals surface area (Å²) in [7, 11) is 0. The van der Waals surface area contributed by atoms with Gasteiger partial charge in [-0.3, -0.25) is 0 Å². The number of halogens is 2. The fourth-order valence-electron chi connectivity index (χ4n) is 1.30. The highest BCUT2D eigenvalue weighted by molar-refractivity contribution is 9.10. The molecule has 0 aromatic heterocycles. The van der Waals surface area contributed by atoms with Crippen LogP contribution in [0.5, 0.6) is 0 Å². The third-order valence-corrected chi connectivity index (χ3v) is 2.97. The van der Waals surface area contributed by atoms with Crippen molar-refractivity contribution in [1.29, 1.82) is 0 Å². The molecule has 0 radical (unpaired) electrons. The van der Waals surface area contributed by atoms with Gasteiger partial charge in [0.1, 0.15) is 0 Å². The summed E-state index contributed by atoms with van der Waals surface area (Å²) in [5.41, 5.74) is 2.34. The Labute approximate surface area is 111 Å². The van der Waals surface area contributed by atoms with Crippen molar-refractivity contribution in [3.63, 3.8) is 0 Å². The SMILES string of the molecule is C/C(=C\c1ccc(Br)cc1Cl)CNC(C)C. The monoisotopic (exact) mass is 301 g/mol. The molecule has 0 heterocycles. The van der Waals surface area contributed by atoms with E-state index in [4.69, 9.17) is 11.6 Å². The van der Waals surface area contributed by atoms with Crippen molar-refractivity contribution in [2.24, 2.45) is 0 Å². The van der Waals surface area contributed by atoms with Crippen molar-refractivity contribution in [1.82, 2.24) is 5.32 Å². The van der Waals surface area contributed by atoms with Gasteiger partial charge in [-0.2, -0.15) is 0 Å². The summed E-state index contributed by atoms with van der Waals surface area (Å²) in [6, 6.07) is 6.44. The maximum Gasteiger partial charge on any atom is 0.0489 e. The minimum absolute atomic E-state index is 0.503. The molecule has 0 fully saturated rings. The van der Waals surface area contributed by atoms with Crippen molar-refractivity contribution >= 4 is 33.6 Å². The molecule has 0 atom stereocenters. The second-order valence-electron chi connectivity index (χ2n) is 4.19. The zero-order valence-corrected chi connectivity index (χ0v) is 12.2. The summed E-state index contributed by atoms with van der Waals surface area (Å²) in [5.74, 6) is 0. The molecule has 0 aliphatic rings. The van der Waals surface area contributed by atoms with E-state index < -0.39 is 0 Å². The van der Waals surface area contributed by atoms with Crippen LogP contribution >= 0.6 is 27.5 Å². The highest BCUT2D eigenvalue weighted by atomic mass is 79.9. The van der Waals surface area contributed by atoms with Crippen LogP contribution in [0.3, 0.4) is 0 Å². The second-order valence-corrected chi connectivity index (χ2v) is 5.52. The first-order chi connectivity index (χ1) is 7.49. The summed E-state index contributed by atoms with van der Waals surface area (Å²) in [4.78, 5) is 0. The second kappa shape index (κ2) is 6.43. The van der Waals surface area contributed by atoms with E-state index in [0.29, 0.717) is 6.04 Å².